The van der Waals surface area contributed by atoms with E-state index in [9.17, 15) is 14.7 Å². The Bertz CT molecular complexity index is 838. The highest BCUT2D eigenvalue weighted by molar-refractivity contribution is 7.18. The van der Waals surface area contributed by atoms with Gasteiger partial charge in [-0.1, -0.05) is 55.0 Å². The van der Waals surface area contributed by atoms with Gasteiger partial charge in [0.2, 0.25) is 11.0 Å². The maximum Gasteiger partial charge on any atom is 0.512 e. The highest BCUT2D eigenvalue weighted by Crippen LogP contribution is 2.45. The molecule has 0 spiro atoms. The zero-order valence-corrected chi connectivity index (χ0v) is 18.1. The fourth-order valence-electron chi connectivity index (χ4n) is 4.10. The van der Waals surface area contributed by atoms with Crippen molar-refractivity contribution in [2.45, 2.75) is 58.9 Å². The summed E-state index contributed by atoms with van der Waals surface area (Å²) in [4.78, 5) is 27.3. The second-order valence-electron chi connectivity index (χ2n) is 7.95. The number of carbonyl (C=O) groups excluding carboxylic acids is 1. The fraction of sp³-hybridized carbons (Fsp3) is 0.478. The van der Waals surface area contributed by atoms with Crippen molar-refractivity contribution in [1.29, 1.82) is 0 Å². The van der Waals surface area contributed by atoms with Gasteiger partial charge in [0.25, 0.3) is 0 Å². The average Bonchev–Trinajstić information content (AvgIpc) is 3.11. The first kappa shape index (κ1) is 21.4. The van der Waals surface area contributed by atoms with Gasteiger partial charge in [-0.25, -0.2) is 4.79 Å². The summed E-state index contributed by atoms with van der Waals surface area (Å²) in [7, 11) is 0. The van der Waals surface area contributed by atoms with Gasteiger partial charge in [-0.15, -0.1) is 0 Å². The molecule has 156 valence electrons. The van der Waals surface area contributed by atoms with Crippen LogP contribution in [0.15, 0.2) is 36.4 Å². The number of carboxylic acid groups (broad SMARTS) is 1. The molecule has 1 N–H and O–H groups in total. The highest BCUT2D eigenvalue weighted by atomic mass is 32.1. The molecule has 0 unspecified atom stereocenters. The molecule has 1 aromatic heterocycles. The Morgan fingerprint density at radius 2 is 1.83 bits per heavy atom. The fourth-order valence-corrected chi connectivity index (χ4v) is 5.09. The van der Waals surface area contributed by atoms with Gasteiger partial charge in [0.1, 0.15) is 0 Å². The Morgan fingerprint density at radius 1 is 1.17 bits per heavy atom. The number of nitrogens with zero attached hydrogens (tertiary/aromatic N) is 1. The molecule has 6 heteroatoms. The molecule has 0 aliphatic heterocycles. The van der Waals surface area contributed by atoms with Gasteiger partial charge >= 0.3 is 6.16 Å². The Hall–Kier alpha value is -2.34. The summed E-state index contributed by atoms with van der Waals surface area (Å²) in [5.74, 6) is 0.767. The van der Waals surface area contributed by atoms with E-state index in [1.54, 1.807) is 4.90 Å². The number of benzene rings is 1. The van der Waals surface area contributed by atoms with Gasteiger partial charge in [0.15, 0.2) is 0 Å². The van der Waals surface area contributed by atoms with Crippen LogP contribution in [-0.4, -0.2) is 23.2 Å². The molecule has 0 atom stereocenters. The minimum atomic E-state index is -1.37. The number of ether oxygens (including phenoxy) is 1. The minimum Gasteiger partial charge on any atom is -0.449 e. The number of anilines is 1. The van der Waals surface area contributed by atoms with E-state index in [0.29, 0.717) is 11.6 Å². The monoisotopic (exact) mass is 415 g/mol. The van der Waals surface area contributed by atoms with Crippen molar-refractivity contribution >= 4 is 29.1 Å². The third-order valence-electron chi connectivity index (χ3n) is 5.70. The van der Waals surface area contributed by atoms with Crippen molar-refractivity contribution in [2.24, 2.45) is 11.8 Å². The van der Waals surface area contributed by atoms with Crippen molar-refractivity contribution < 1.29 is 19.4 Å². The third-order valence-corrected chi connectivity index (χ3v) is 6.76. The zero-order chi connectivity index (χ0) is 21.0. The lowest BCUT2D eigenvalue weighted by atomic mass is 9.80. The van der Waals surface area contributed by atoms with Crippen molar-refractivity contribution in [1.82, 2.24) is 0 Å². The summed E-state index contributed by atoms with van der Waals surface area (Å²) < 4.78 is 5.09. The second kappa shape index (κ2) is 9.44. The van der Waals surface area contributed by atoms with Crippen molar-refractivity contribution in [2.75, 3.05) is 4.90 Å². The lowest BCUT2D eigenvalue weighted by molar-refractivity contribution is -0.124. The number of thiophene rings is 1. The molecule has 2 aromatic rings. The van der Waals surface area contributed by atoms with Crippen LogP contribution in [0.5, 0.6) is 5.06 Å². The maximum atomic E-state index is 13.4. The summed E-state index contributed by atoms with van der Waals surface area (Å²) in [6.07, 6.45) is 3.74. The molecular weight excluding hydrogens is 386 g/mol. The first-order chi connectivity index (χ1) is 13.9. The molecule has 1 saturated carbocycles. The van der Waals surface area contributed by atoms with Crippen LogP contribution in [0, 0.1) is 11.8 Å². The van der Waals surface area contributed by atoms with Crippen LogP contribution in [0.25, 0.3) is 10.4 Å². The Balaban J connectivity index is 1.94. The van der Waals surface area contributed by atoms with Crippen molar-refractivity contribution in [3.05, 3.63) is 36.4 Å². The summed E-state index contributed by atoms with van der Waals surface area (Å²) in [5.41, 5.74) is 1.52. The van der Waals surface area contributed by atoms with Crippen molar-refractivity contribution in [3.8, 4) is 15.5 Å². The van der Waals surface area contributed by atoms with Crippen LogP contribution in [0.1, 0.15) is 52.9 Å². The van der Waals surface area contributed by atoms with Gasteiger partial charge in [-0.3, -0.25) is 4.79 Å². The maximum absolute atomic E-state index is 13.4. The first-order valence-corrected chi connectivity index (χ1v) is 11.2. The third kappa shape index (κ3) is 4.99. The average molecular weight is 416 g/mol. The van der Waals surface area contributed by atoms with E-state index >= 15 is 0 Å². The topological polar surface area (TPSA) is 66.8 Å². The molecule has 29 heavy (non-hydrogen) atoms. The van der Waals surface area contributed by atoms with E-state index in [2.05, 4.69) is 6.92 Å². The smallest absolute Gasteiger partial charge is 0.449 e. The van der Waals surface area contributed by atoms with Crippen LogP contribution in [-0.2, 0) is 4.79 Å². The summed E-state index contributed by atoms with van der Waals surface area (Å²) in [6, 6.07) is 11.5. The molecule has 0 saturated heterocycles. The normalized spacial score (nSPS) is 19.2. The van der Waals surface area contributed by atoms with Crippen LogP contribution >= 0.6 is 11.3 Å². The SMILES string of the molecule is CCC1CCC(C(=O)N(c2cc(-c3ccccc3)sc2OC(=O)O)C(C)C)CC1. The molecule has 1 fully saturated rings. The number of amides is 1. The number of rotatable bonds is 6. The first-order valence-electron chi connectivity index (χ1n) is 10.3. The molecule has 1 heterocycles. The molecular formula is C23H29NO4S. The van der Waals surface area contributed by atoms with Crippen LogP contribution < -0.4 is 9.64 Å². The Labute approximate surface area is 176 Å². The number of carbonyl (C=O) groups is 2. The summed E-state index contributed by atoms with van der Waals surface area (Å²) >= 11 is 1.26. The molecule has 3 rings (SSSR count). The number of hydrogen-bond acceptors (Lipinski definition) is 4. The predicted molar refractivity (Wildman–Crippen MR) is 117 cm³/mol. The van der Waals surface area contributed by atoms with Gasteiger partial charge in [0, 0.05) is 16.8 Å². The molecule has 5 nitrogen and oxygen atoms in total. The van der Waals surface area contributed by atoms with Gasteiger partial charge in [-0.2, -0.15) is 0 Å². The molecule has 0 bridgehead atoms. The van der Waals surface area contributed by atoms with E-state index in [-0.39, 0.29) is 22.9 Å². The standard InChI is InChI=1S/C23H29NO4S/c1-4-16-10-12-18(13-11-16)21(25)24(15(2)3)19-14-20(17-8-6-5-7-9-17)29-22(19)28-23(26)27/h5-9,14-16,18H,4,10-13H2,1-3H3,(H,26,27). The van der Waals surface area contributed by atoms with Crippen LogP contribution in [0.2, 0.25) is 0 Å². The van der Waals surface area contributed by atoms with Gasteiger partial charge < -0.3 is 14.7 Å². The molecule has 1 aliphatic rings. The minimum absolute atomic E-state index is 0.0158. The zero-order valence-electron chi connectivity index (χ0n) is 17.3. The van der Waals surface area contributed by atoms with E-state index in [0.717, 1.165) is 42.5 Å². The van der Waals surface area contributed by atoms with Gasteiger partial charge in [0.05, 0.1) is 5.69 Å². The van der Waals surface area contributed by atoms with Crippen molar-refractivity contribution in [3.63, 3.8) is 0 Å². The van der Waals surface area contributed by atoms with E-state index in [4.69, 9.17) is 4.74 Å². The molecule has 1 aliphatic carbocycles. The van der Waals surface area contributed by atoms with Crippen LogP contribution in [0.4, 0.5) is 10.5 Å². The van der Waals surface area contributed by atoms with E-state index in [1.165, 1.54) is 11.3 Å². The lowest BCUT2D eigenvalue weighted by Crippen LogP contribution is -2.42. The van der Waals surface area contributed by atoms with Crippen LogP contribution in [0.3, 0.4) is 0 Å². The highest BCUT2D eigenvalue weighted by Gasteiger charge is 2.33. The predicted octanol–water partition coefficient (Wildman–Crippen LogP) is 6.43. The quantitative estimate of drug-likeness (QED) is 0.552. The largest absolute Gasteiger partial charge is 0.512 e. The summed E-state index contributed by atoms with van der Waals surface area (Å²) in [6.45, 7) is 6.12. The van der Waals surface area contributed by atoms with E-state index in [1.807, 2.05) is 50.2 Å². The van der Waals surface area contributed by atoms with E-state index < -0.39 is 6.16 Å². The molecule has 1 amide bonds. The summed E-state index contributed by atoms with van der Waals surface area (Å²) in [5, 5.41) is 9.47. The Morgan fingerprint density at radius 3 is 2.38 bits per heavy atom. The molecule has 0 radical (unpaired) electrons. The number of hydrogen-bond donors (Lipinski definition) is 1. The Kier molecular flexibility index (Phi) is 6.96. The lowest BCUT2D eigenvalue weighted by Gasteiger charge is -2.33. The molecule has 1 aromatic carbocycles. The second-order valence-corrected chi connectivity index (χ2v) is 8.96. The van der Waals surface area contributed by atoms with Gasteiger partial charge in [-0.05, 0) is 57.1 Å².